The first-order valence-corrected chi connectivity index (χ1v) is 7.36. The number of nitrogens with zero attached hydrogens (tertiary/aromatic N) is 2. The molecule has 0 spiro atoms. The predicted molar refractivity (Wildman–Crippen MR) is 77.2 cm³/mol. The molecule has 2 fully saturated rings. The third-order valence-electron chi connectivity index (χ3n) is 4.32. The SMILES string of the molecule is CN(C(=O)C1CCCCN1C1CC1)c1ccccc1. The van der Waals surface area contributed by atoms with Crippen molar-refractivity contribution in [3.63, 3.8) is 0 Å². The second-order valence-corrected chi connectivity index (χ2v) is 5.71. The molecule has 1 saturated heterocycles. The number of likely N-dealkylation sites (tertiary alicyclic amines) is 1. The number of likely N-dealkylation sites (N-methyl/N-ethyl adjacent to an activating group) is 1. The monoisotopic (exact) mass is 258 g/mol. The molecule has 1 amide bonds. The maximum absolute atomic E-state index is 12.7. The molecule has 1 aliphatic carbocycles. The molecule has 3 heteroatoms. The minimum atomic E-state index is 0.103. The van der Waals surface area contributed by atoms with Crippen LogP contribution in [0.2, 0.25) is 0 Å². The summed E-state index contributed by atoms with van der Waals surface area (Å²) >= 11 is 0. The van der Waals surface area contributed by atoms with Gasteiger partial charge in [-0.15, -0.1) is 0 Å². The lowest BCUT2D eigenvalue weighted by atomic mass is 10.0. The van der Waals surface area contributed by atoms with Crippen LogP contribution in [0.3, 0.4) is 0 Å². The van der Waals surface area contributed by atoms with E-state index in [2.05, 4.69) is 4.90 Å². The summed E-state index contributed by atoms with van der Waals surface area (Å²) in [4.78, 5) is 17.0. The number of piperidine rings is 1. The lowest BCUT2D eigenvalue weighted by Gasteiger charge is -2.36. The number of benzene rings is 1. The zero-order valence-electron chi connectivity index (χ0n) is 11.6. The minimum absolute atomic E-state index is 0.103. The van der Waals surface area contributed by atoms with Gasteiger partial charge in [-0.2, -0.15) is 0 Å². The summed E-state index contributed by atoms with van der Waals surface area (Å²) in [5, 5.41) is 0. The van der Waals surface area contributed by atoms with Crippen LogP contribution in [0, 0.1) is 0 Å². The molecule has 1 aromatic rings. The van der Waals surface area contributed by atoms with Gasteiger partial charge in [0, 0.05) is 18.8 Å². The number of carbonyl (C=O) groups excluding carboxylic acids is 1. The standard InChI is InChI=1S/C16H22N2O/c1-17(13-7-3-2-4-8-13)16(19)15-9-5-6-12-18(15)14-10-11-14/h2-4,7-8,14-15H,5-6,9-12H2,1H3. The first kappa shape index (κ1) is 12.7. The third-order valence-corrected chi connectivity index (χ3v) is 4.32. The van der Waals surface area contributed by atoms with Gasteiger partial charge in [0.05, 0.1) is 6.04 Å². The van der Waals surface area contributed by atoms with E-state index >= 15 is 0 Å². The predicted octanol–water partition coefficient (Wildman–Crippen LogP) is 2.67. The summed E-state index contributed by atoms with van der Waals surface area (Å²) in [6.07, 6.45) is 6.00. The second kappa shape index (κ2) is 5.33. The van der Waals surface area contributed by atoms with Crippen LogP contribution in [0.1, 0.15) is 32.1 Å². The minimum Gasteiger partial charge on any atom is -0.314 e. The summed E-state index contributed by atoms with van der Waals surface area (Å²) < 4.78 is 0. The van der Waals surface area contributed by atoms with E-state index in [1.165, 1.54) is 25.7 Å². The number of hydrogen-bond donors (Lipinski definition) is 0. The van der Waals surface area contributed by atoms with Gasteiger partial charge in [-0.1, -0.05) is 24.6 Å². The molecule has 0 radical (unpaired) electrons. The van der Waals surface area contributed by atoms with E-state index in [4.69, 9.17) is 0 Å². The Hall–Kier alpha value is -1.35. The number of rotatable bonds is 3. The van der Waals surface area contributed by atoms with Gasteiger partial charge in [0.25, 0.3) is 0 Å². The molecule has 3 rings (SSSR count). The van der Waals surface area contributed by atoms with Gasteiger partial charge < -0.3 is 4.90 Å². The Morgan fingerprint density at radius 1 is 1.16 bits per heavy atom. The highest BCUT2D eigenvalue weighted by molar-refractivity contribution is 5.96. The van der Waals surface area contributed by atoms with Crippen LogP contribution >= 0.6 is 0 Å². The molecular formula is C16H22N2O. The van der Waals surface area contributed by atoms with Gasteiger partial charge in [0.15, 0.2) is 0 Å². The fraction of sp³-hybridized carbons (Fsp3) is 0.562. The van der Waals surface area contributed by atoms with Crippen molar-refractivity contribution in [2.75, 3.05) is 18.5 Å². The molecule has 0 N–H and O–H groups in total. The van der Waals surface area contributed by atoms with Crippen molar-refractivity contribution in [3.05, 3.63) is 30.3 Å². The number of para-hydroxylation sites is 1. The molecule has 1 unspecified atom stereocenters. The van der Waals surface area contributed by atoms with Gasteiger partial charge in [0.2, 0.25) is 5.91 Å². The number of amides is 1. The van der Waals surface area contributed by atoms with Gasteiger partial charge in [0.1, 0.15) is 0 Å². The highest BCUT2D eigenvalue weighted by Crippen LogP contribution is 2.33. The Morgan fingerprint density at radius 2 is 1.89 bits per heavy atom. The molecule has 1 aromatic carbocycles. The number of anilines is 1. The fourth-order valence-corrected chi connectivity index (χ4v) is 3.06. The largest absolute Gasteiger partial charge is 0.314 e. The molecule has 1 atom stereocenters. The number of carbonyl (C=O) groups is 1. The van der Waals surface area contributed by atoms with Crippen molar-refractivity contribution in [2.45, 2.75) is 44.2 Å². The first-order chi connectivity index (χ1) is 9.27. The van der Waals surface area contributed by atoms with Crippen molar-refractivity contribution in [1.29, 1.82) is 0 Å². The maximum Gasteiger partial charge on any atom is 0.244 e. The van der Waals surface area contributed by atoms with E-state index in [0.29, 0.717) is 6.04 Å². The third kappa shape index (κ3) is 2.66. The van der Waals surface area contributed by atoms with Crippen LogP contribution in [0.5, 0.6) is 0 Å². The smallest absolute Gasteiger partial charge is 0.244 e. The van der Waals surface area contributed by atoms with Crippen LogP contribution in [0.4, 0.5) is 5.69 Å². The van der Waals surface area contributed by atoms with E-state index in [1.807, 2.05) is 42.3 Å². The van der Waals surface area contributed by atoms with Crippen LogP contribution in [-0.2, 0) is 4.79 Å². The molecular weight excluding hydrogens is 236 g/mol. The second-order valence-electron chi connectivity index (χ2n) is 5.71. The molecule has 3 nitrogen and oxygen atoms in total. The van der Waals surface area contributed by atoms with E-state index in [0.717, 1.165) is 18.7 Å². The van der Waals surface area contributed by atoms with E-state index in [-0.39, 0.29) is 11.9 Å². The zero-order chi connectivity index (χ0) is 13.2. The molecule has 1 aliphatic heterocycles. The number of hydrogen-bond acceptors (Lipinski definition) is 2. The van der Waals surface area contributed by atoms with Crippen LogP contribution < -0.4 is 4.90 Å². The van der Waals surface area contributed by atoms with Crippen molar-refractivity contribution >= 4 is 11.6 Å². The fourth-order valence-electron chi connectivity index (χ4n) is 3.06. The summed E-state index contributed by atoms with van der Waals surface area (Å²) in [5.74, 6) is 0.262. The maximum atomic E-state index is 12.7. The summed E-state index contributed by atoms with van der Waals surface area (Å²) in [6.45, 7) is 1.10. The Labute approximate surface area is 115 Å². The van der Waals surface area contributed by atoms with E-state index < -0.39 is 0 Å². The first-order valence-electron chi connectivity index (χ1n) is 7.36. The molecule has 1 heterocycles. The van der Waals surface area contributed by atoms with Gasteiger partial charge in [-0.05, 0) is 44.4 Å². The Bertz CT molecular complexity index is 441. The zero-order valence-corrected chi connectivity index (χ0v) is 11.6. The average molecular weight is 258 g/mol. The van der Waals surface area contributed by atoms with Crippen LogP contribution in [-0.4, -0.2) is 36.5 Å². The van der Waals surface area contributed by atoms with Gasteiger partial charge >= 0.3 is 0 Å². The highest BCUT2D eigenvalue weighted by atomic mass is 16.2. The molecule has 0 aromatic heterocycles. The molecule has 19 heavy (non-hydrogen) atoms. The molecule has 1 saturated carbocycles. The Balaban J connectivity index is 1.74. The van der Waals surface area contributed by atoms with E-state index in [1.54, 1.807) is 0 Å². The quantitative estimate of drug-likeness (QED) is 0.832. The van der Waals surface area contributed by atoms with Crippen molar-refractivity contribution < 1.29 is 4.79 Å². The summed E-state index contributed by atoms with van der Waals surface area (Å²) in [6, 6.07) is 10.7. The summed E-state index contributed by atoms with van der Waals surface area (Å²) in [5.41, 5.74) is 0.994. The summed E-state index contributed by atoms with van der Waals surface area (Å²) in [7, 11) is 1.90. The van der Waals surface area contributed by atoms with Crippen LogP contribution in [0.15, 0.2) is 30.3 Å². The molecule has 102 valence electrons. The van der Waals surface area contributed by atoms with Gasteiger partial charge in [-0.25, -0.2) is 0 Å². The molecule has 0 bridgehead atoms. The van der Waals surface area contributed by atoms with Gasteiger partial charge in [-0.3, -0.25) is 9.69 Å². The van der Waals surface area contributed by atoms with Crippen molar-refractivity contribution in [3.8, 4) is 0 Å². The lowest BCUT2D eigenvalue weighted by Crippen LogP contribution is -2.51. The van der Waals surface area contributed by atoms with E-state index in [9.17, 15) is 4.79 Å². The topological polar surface area (TPSA) is 23.6 Å². The molecule has 2 aliphatic rings. The van der Waals surface area contributed by atoms with Crippen molar-refractivity contribution in [1.82, 2.24) is 4.90 Å². The highest BCUT2D eigenvalue weighted by Gasteiger charge is 2.39. The van der Waals surface area contributed by atoms with Crippen molar-refractivity contribution in [2.24, 2.45) is 0 Å². The lowest BCUT2D eigenvalue weighted by molar-refractivity contribution is -0.125. The normalized spacial score (nSPS) is 24.2. The Kier molecular flexibility index (Phi) is 3.56. The Morgan fingerprint density at radius 3 is 2.58 bits per heavy atom. The van der Waals surface area contributed by atoms with Crippen LogP contribution in [0.25, 0.3) is 0 Å². The average Bonchev–Trinajstić information content (AvgIpc) is 3.31.